The highest BCUT2D eigenvalue weighted by Crippen LogP contribution is 2.20. The van der Waals surface area contributed by atoms with Gasteiger partial charge in [-0.2, -0.15) is 0 Å². The molecule has 6 heteroatoms. The lowest BCUT2D eigenvalue weighted by Gasteiger charge is -2.15. The molecule has 2 aromatic rings. The Bertz CT molecular complexity index is 697. The number of halogens is 1. The van der Waals surface area contributed by atoms with Gasteiger partial charge in [0, 0.05) is 6.04 Å². The first-order chi connectivity index (χ1) is 9.92. The SMILES string of the molecule is COc1ccc([C@H](C)NS(=O)(=O)c2ccc(F)cc2)cc1. The molecule has 4 nitrogen and oxygen atoms in total. The van der Waals surface area contributed by atoms with Gasteiger partial charge in [0.15, 0.2) is 0 Å². The maximum absolute atomic E-state index is 12.8. The molecule has 0 amide bonds. The minimum absolute atomic E-state index is 0.0317. The summed E-state index contributed by atoms with van der Waals surface area (Å²) in [6, 6.07) is 11.4. The summed E-state index contributed by atoms with van der Waals surface area (Å²) in [6.07, 6.45) is 0. The summed E-state index contributed by atoms with van der Waals surface area (Å²) in [4.78, 5) is 0.0317. The molecule has 0 unspecified atom stereocenters. The van der Waals surface area contributed by atoms with Crippen LogP contribution in [0.2, 0.25) is 0 Å². The topological polar surface area (TPSA) is 55.4 Å². The molecule has 2 rings (SSSR count). The predicted molar refractivity (Wildman–Crippen MR) is 78.1 cm³/mol. The summed E-state index contributed by atoms with van der Waals surface area (Å²) in [6.45, 7) is 1.74. The van der Waals surface area contributed by atoms with Gasteiger partial charge in [0.25, 0.3) is 0 Å². The van der Waals surface area contributed by atoms with Crippen molar-refractivity contribution in [1.82, 2.24) is 4.72 Å². The molecule has 0 aliphatic heterocycles. The zero-order valence-corrected chi connectivity index (χ0v) is 12.5. The number of hydrogen-bond acceptors (Lipinski definition) is 3. The average molecular weight is 309 g/mol. The Hall–Kier alpha value is -1.92. The van der Waals surface area contributed by atoms with Crippen LogP contribution in [0.1, 0.15) is 18.5 Å². The minimum Gasteiger partial charge on any atom is -0.497 e. The first-order valence-electron chi connectivity index (χ1n) is 6.34. The lowest BCUT2D eigenvalue weighted by atomic mass is 10.1. The van der Waals surface area contributed by atoms with Gasteiger partial charge < -0.3 is 4.74 Å². The molecule has 0 radical (unpaired) electrons. The van der Waals surface area contributed by atoms with Gasteiger partial charge in [-0.05, 0) is 48.9 Å². The Labute approximate surface area is 123 Å². The van der Waals surface area contributed by atoms with Gasteiger partial charge in [0.1, 0.15) is 11.6 Å². The number of ether oxygens (including phenoxy) is 1. The predicted octanol–water partition coefficient (Wildman–Crippen LogP) is 2.87. The standard InChI is InChI=1S/C15H16FNO3S/c1-11(12-3-7-14(20-2)8-4-12)17-21(18,19)15-9-5-13(16)6-10-15/h3-11,17H,1-2H3/t11-/m0/s1. The highest BCUT2D eigenvalue weighted by atomic mass is 32.2. The van der Waals surface area contributed by atoms with Crippen molar-refractivity contribution < 1.29 is 17.5 Å². The van der Waals surface area contributed by atoms with Crippen molar-refractivity contribution in [3.63, 3.8) is 0 Å². The summed E-state index contributed by atoms with van der Waals surface area (Å²) in [5.74, 6) is 0.226. The van der Waals surface area contributed by atoms with Crippen molar-refractivity contribution in [1.29, 1.82) is 0 Å². The number of methoxy groups -OCH3 is 1. The van der Waals surface area contributed by atoms with E-state index in [4.69, 9.17) is 4.74 Å². The van der Waals surface area contributed by atoms with Gasteiger partial charge >= 0.3 is 0 Å². The maximum atomic E-state index is 12.8. The molecule has 0 saturated carbocycles. The molecule has 0 bridgehead atoms. The fourth-order valence-corrected chi connectivity index (χ4v) is 3.11. The molecule has 0 aliphatic carbocycles. The van der Waals surface area contributed by atoms with E-state index < -0.39 is 21.9 Å². The molecule has 0 spiro atoms. The maximum Gasteiger partial charge on any atom is 0.241 e. The molecule has 0 heterocycles. The second kappa shape index (κ2) is 6.24. The van der Waals surface area contributed by atoms with Crippen LogP contribution in [0.3, 0.4) is 0 Å². The highest BCUT2D eigenvalue weighted by molar-refractivity contribution is 7.89. The molecule has 2 aromatic carbocycles. The molecular weight excluding hydrogens is 293 g/mol. The van der Waals surface area contributed by atoms with Gasteiger partial charge in [0.2, 0.25) is 10.0 Å². The second-order valence-corrected chi connectivity index (χ2v) is 6.28. The van der Waals surface area contributed by atoms with Gasteiger partial charge in [-0.15, -0.1) is 0 Å². The Morgan fingerprint density at radius 2 is 1.62 bits per heavy atom. The third kappa shape index (κ3) is 3.80. The smallest absolute Gasteiger partial charge is 0.241 e. The lowest BCUT2D eigenvalue weighted by molar-refractivity contribution is 0.414. The van der Waals surface area contributed by atoms with Crippen molar-refractivity contribution in [2.24, 2.45) is 0 Å². The van der Waals surface area contributed by atoms with E-state index in [0.29, 0.717) is 5.75 Å². The molecule has 0 fully saturated rings. The van der Waals surface area contributed by atoms with Crippen molar-refractivity contribution >= 4 is 10.0 Å². The number of nitrogens with one attached hydrogen (secondary N) is 1. The van der Waals surface area contributed by atoms with Crippen LogP contribution in [0.15, 0.2) is 53.4 Å². The highest BCUT2D eigenvalue weighted by Gasteiger charge is 2.18. The first-order valence-corrected chi connectivity index (χ1v) is 7.82. The molecule has 21 heavy (non-hydrogen) atoms. The molecule has 112 valence electrons. The van der Waals surface area contributed by atoms with Gasteiger partial charge in [0.05, 0.1) is 12.0 Å². The van der Waals surface area contributed by atoms with Crippen LogP contribution >= 0.6 is 0 Å². The van der Waals surface area contributed by atoms with Gasteiger partial charge in [-0.25, -0.2) is 17.5 Å². The molecular formula is C15H16FNO3S. The van der Waals surface area contributed by atoms with Gasteiger partial charge in [-0.1, -0.05) is 12.1 Å². The molecule has 0 aliphatic rings. The molecule has 1 N–H and O–H groups in total. The number of hydrogen-bond donors (Lipinski definition) is 1. The van der Waals surface area contributed by atoms with Crippen molar-refractivity contribution in [2.75, 3.05) is 7.11 Å². The van der Waals surface area contributed by atoms with Crippen LogP contribution in [0.4, 0.5) is 4.39 Å². The fourth-order valence-electron chi connectivity index (χ4n) is 1.88. The first kappa shape index (κ1) is 15.5. The van der Waals surface area contributed by atoms with Crippen LogP contribution in [-0.4, -0.2) is 15.5 Å². The van der Waals surface area contributed by atoms with Crippen LogP contribution in [0, 0.1) is 5.82 Å². The Kier molecular flexibility index (Phi) is 4.59. The largest absolute Gasteiger partial charge is 0.497 e. The zero-order chi connectivity index (χ0) is 15.5. The summed E-state index contributed by atoms with van der Waals surface area (Å²) in [5.41, 5.74) is 0.807. The van der Waals surface area contributed by atoms with E-state index in [2.05, 4.69) is 4.72 Å². The average Bonchev–Trinajstić information content (AvgIpc) is 2.47. The third-order valence-corrected chi connectivity index (χ3v) is 4.63. The lowest BCUT2D eigenvalue weighted by Crippen LogP contribution is -2.26. The van der Waals surface area contributed by atoms with E-state index >= 15 is 0 Å². The molecule has 1 atom stereocenters. The number of benzene rings is 2. The normalized spacial score (nSPS) is 12.9. The van der Waals surface area contributed by atoms with E-state index in [0.717, 1.165) is 17.7 Å². The monoisotopic (exact) mass is 309 g/mol. The van der Waals surface area contributed by atoms with Crippen LogP contribution in [0.5, 0.6) is 5.75 Å². The molecule has 0 aromatic heterocycles. The van der Waals surface area contributed by atoms with Crippen molar-refractivity contribution in [2.45, 2.75) is 17.9 Å². The second-order valence-electron chi connectivity index (χ2n) is 4.57. The van der Waals surface area contributed by atoms with E-state index in [1.807, 2.05) is 0 Å². The van der Waals surface area contributed by atoms with Crippen molar-refractivity contribution in [3.05, 3.63) is 59.9 Å². The Balaban J connectivity index is 2.17. The summed E-state index contributed by atoms with van der Waals surface area (Å²) >= 11 is 0. The van der Waals surface area contributed by atoms with E-state index in [9.17, 15) is 12.8 Å². The third-order valence-electron chi connectivity index (χ3n) is 3.07. The summed E-state index contributed by atoms with van der Waals surface area (Å²) in [7, 11) is -2.12. The fraction of sp³-hybridized carbons (Fsp3) is 0.200. The number of sulfonamides is 1. The van der Waals surface area contributed by atoms with E-state index in [1.165, 1.54) is 12.1 Å². The molecule has 0 saturated heterocycles. The van der Waals surface area contributed by atoms with Crippen LogP contribution in [-0.2, 0) is 10.0 Å². The zero-order valence-electron chi connectivity index (χ0n) is 11.7. The van der Waals surface area contributed by atoms with Gasteiger partial charge in [-0.3, -0.25) is 0 Å². The summed E-state index contributed by atoms with van der Waals surface area (Å²) in [5, 5.41) is 0. The summed E-state index contributed by atoms with van der Waals surface area (Å²) < 4.78 is 44.8. The minimum atomic E-state index is -3.69. The van der Waals surface area contributed by atoms with E-state index in [-0.39, 0.29) is 4.90 Å². The Morgan fingerprint density at radius 3 is 2.14 bits per heavy atom. The quantitative estimate of drug-likeness (QED) is 0.924. The van der Waals surface area contributed by atoms with Crippen molar-refractivity contribution in [3.8, 4) is 5.75 Å². The Morgan fingerprint density at radius 1 is 1.05 bits per heavy atom. The van der Waals surface area contributed by atoms with E-state index in [1.54, 1.807) is 38.3 Å². The van der Waals surface area contributed by atoms with Crippen LogP contribution in [0.25, 0.3) is 0 Å². The van der Waals surface area contributed by atoms with Crippen LogP contribution < -0.4 is 9.46 Å². The number of rotatable bonds is 5.